The number of carbonyl (C=O) groups excluding carboxylic acids is 3. The maximum atomic E-state index is 10.6. The molecule has 0 saturated carbocycles. The second-order valence-corrected chi connectivity index (χ2v) is 7.52. The van der Waals surface area contributed by atoms with Crippen LogP contribution in [0.15, 0.2) is 109 Å². The number of hydrogen-bond acceptors (Lipinski definition) is 6. The molecule has 3 aromatic rings. The van der Waals surface area contributed by atoms with Crippen LogP contribution in [0.4, 0.5) is 0 Å². The smallest absolute Gasteiger partial charge is 0.156 e. The second-order valence-electron chi connectivity index (χ2n) is 7.52. The quantitative estimate of drug-likeness (QED) is 0.186. The van der Waals surface area contributed by atoms with Crippen molar-refractivity contribution in [1.29, 1.82) is 0 Å². The monoisotopic (exact) mass is 542 g/mol. The van der Waals surface area contributed by atoms with Gasteiger partial charge >= 0.3 is 0 Å². The fourth-order valence-corrected chi connectivity index (χ4v) is 2.65. The summed E-state index contributed by atoms with van der Waals surface area (Å²) in [5.41, 5.74) is 1.98. The first kappa shape index (κ1) is 32.8. The summed E-state index contributed by atoms with van der Waals surface area (Å²) >= 11 is 0. The summed E-state index contributed by atoms with van der Waals surface area (Å²) in [6, 6.07) is 26.9. The maximum Gasteiger partial charge on any atom is 0.156 e. The van der Waals surface area contributed by atoms with E-state index in [1.54, 1.807) is 72.8 Å². The fourth-order valence-electron chi connectivity index (χ4n) is 2.65. The Kier molecular flexibility index (Phi) is 16.1. The van der Waals surface area contributed by atoms with E-state index in [-0.39, 0.29) is 51.7 Å². The van der Waals surface area contributed by atoms with E-state index in [9.17, 15) is 29.7 Å². The molecule has 0 radical (unpaired) electrons. The zero-order chi connectivity index (χ0) is 26.9. The molecule has 0 aromatic heterocycles. The first-order chi connectivity index (χ1) is 17.1. The second kappa shape index (κ2) is 18.1. The molecule has 0 aliphatic heterocycles. The van der Waals surface area contributed by atoms with Crippen LogP contribution in [0.1, 0.15) is 37.5 Å². The summed E-state index contributed by atoms with van der Waals surface area (Å²) < 4.78 is 0. The molecular weight excluding hydrogens is 512 g/mol. The third-order valence-electron chi connectivity index (χ3n) is 4.23. The van der Waals surface area contributed by atoms with Crippen LogP contribution in [-0.2, 0) is 31.5 Å². The molecule has 7 heteroatoms. The van der Waals surface area contributed by atoms with E-state index in [1.165, 1.54) is 39.0 Å². The molecule has 3 N–H and O–H groups in total. The van der Waals surface area contributed by atoms with Crippen LogP contribution in [0, 0.1) is 0 Å². The molecule has 0 heterocycles. The Morgan fingerprint density at radius 2 is 0.649 bits per heavy atom. The number of benzene rings is 3. The van der Waals surface area contributed by atoms with Crippen LogP contribution >= 0.6 is 0 Å². The minimum atomic E-state index is -0.156. The number of carbonyl (C=O) groups is 3. The molecule has 0 fully saturated rings. The molecule has 0 aliphatic carbocycles. The van der Waals surface area contributed by atoms with Crippen LogP contribution in [-0.4, -0.2) is 32.7 Å². The van der Waals surface area contributed by atoms with Crippen molar-refractivity contribution in [3.8, 4) is 0 Å². The molecule has 0 atom stereocenters. The zero-order valence-corrected chi connectivity index (χ0v) is 21.9. The van der Waals surface area contributed by atoms with Gasteiger partial charge < -0.3 is 15.3 Å². The van der Waals surface area contributed by atoms with Gasteiger partial charge in [0, 0.05) is 52.0 Å². The molecule has 0 amide bonds. The molecule has 0 saturated heterocycles. The Morgan fingerprint density at radius 1 is 0.459 bits per heavy atom. The van der Waals surface area contributed by atoms with E-state index in [0.29, 0.717) is 16.7 Å². The Balaban J connectivity index is 0.000000518. The zero-order valence-electron chi connectivity index (χ0n) is 20.8. The van der Waals surface area contributed by atoms with Gasteiger partial charge in [0.05, 0.1) is 0 Å². The average molecular weight is 542 g/mol. The minimum Gasteiger partial charge on any atom is -0.507 e. The number of rotatable bonds is 6. The maximum absolute atomic E-state index is 10.6. The van der Waals surface area contributed by atoms with E-state index >= 15 is 0 Å². The van der Waals surface area contributed by atoms with Crippen molar-refractivity contribution >= 4 is 34.6 Å². The Labute approximate surface area is 227 Å². The summed E-state index contributed by atoms with van der Waals surface area (Å²) in [6.07, 6.45) is 3.61. The Hall–Kier alpha value is -4.19. The molecule has 0 aliphatic rings. The number of aliphatic hydroxyl groups is 3. The summed E-state index contributed by atoms with van der Waals surface area (Å²) in [7, 11) is 0. The SMILES string of the molecule is CC(=O)C=C(O)c1ccccc1.CC(=O)C=C(O)c1ccccc1.CC(=O)C=C(O)c1ccccc1.[Fe]. The normalized spacial score (nSPS) is 10.9. The van der Waals surface area contributed by atoms with Gasteiger partial charge in [-0.15, -0.1) is 0 Å². The predicted molar refractivity (Wildman–Crippen MR) is 143 cm³/mol. The first-order valence-corrected chi connectivity index (χ1v) is 11.0. The van der Waals surface area contributed by atoms with Crippen LogP contribution in [0.25, 0.3) is 17.3 Å². The van der Waals surface area contributed by atoms with E-state index in [0.717, 1.165) is 0 Å². The van der Waals surface area contributed by atoms with Crippen molar-refractivity contribution in [2.75, 3.05) is 0 Å². The van der Waals surface area contributed by atoms with Crippen LogP contribution in [0.2, 0.25) is 0 Å². The largest absolute Gasteiger partial charge is 0.507 e. The molecular formula is C30H30FeO6. The summed E-state index contributed by atoms with van der Waals surface area (Å²) in [5.74, 6) is -0.418. The van der Waals surface area contributed by atoms with Gasteiger partial charge in [-0.25, -0.2) is 0 Å². The molecule has 37 heavy (non-hydrogen) atoms. The van der Waals surface area contributed by atoms with Crippen molar-refractivity contribution in [2.24, 2.45) is 0 Å². The molecule has 6 nitrogen and oxygen atoms in total. The van der Waals surface area contributed by atoms with E-state index < -0.39 is 0 Å². The standard InChI is InChI=1S/3C10H10O2.Fe/c3*1-8(11)7-10(12)9-5-3-2-4-6-9;/h3*2-7,12H,1H3;. The number of allylic oxidation sites excluding steroid dienone is 3. The van der Waals surface area contributed by atoms with Crippen molar-refractivity contribution < 1.29 is 46.8 Å². The molecule has 3 rings (SSSR count). The van der Waals surface area contributed by atoms with Gasteiger partial charge in [-0.2, -0.15) is 0 Å². The van der Waals surface area contributed by atoms with E-state index in [2.05, 4.69) is 0 Å². The van der Waals surface area contributed by atoms with Crippen molar-refractivity contribution in [2.45, 2.75) is 20.8 Å². The van der Waals surface area contributed by atoms with Crippen molar-refractivity contribution in [3.63, 3.8) is 0 Å². The molecule has 194 valence electrons. The predicted octanol–water partition coefficient (Wildman–Crippen LogP) is 6.52. The van der Waals surface area contributed by atoms with Gasteiger partial charge in [-0.05, 0) is 20.8 Å². The van der Waals surface area contributed by atoms with Gasteiger partial charge in [0.2, 0.25) is 0 Å². The summed E-state index contributed by atoms with van der Waals surface area (Å²) in [6.45, 7) is 4.21. The Morgan fingerprint density at radius 3 is 0.811 bits per heavy atom. The van der Waals surface area contributed by atoms with Crippen LogP contribution < -0.4 is 0 Å². The molecule has 0 unspecified atom stereocenters. The fraction of sp³-hybridized carbons (Fsp3) is 0.100. The van der Waals surface area contributed by atoms with Gasteiger partial charge in [-0.3, -0.25) is 14.4 Å². The third-order valence-corrected chi connectivity index (χ3v) is 4.23. The minimum absolute atomic E-state index is 0. The van der Waals surface area contributed by atoms with Crippen LogP contribution in [0.5, 0.6) is 0 Å². The van der Waals surface area contributed by atoms with Gasteiger partial charge in [0.25, 0.3) is 0 Å². The third kappa shape index (κ3) is 14.7. The molecule has 3 aromatic carbocycles. The number of ketones is 3. The molecule has 0 spiro atoms. The first-order valence-electron chi connectivity index (χ1n) is 11.0. The van der Waals surface area contributed by atoms with Crippen molar-refractivity contribution in [1.82, 2.24) is 0 Å². The molecule has 0 bridgehead atoms. The summed E-state index contributed by atoms with van der Waals surface area (Å²) in [5, 5.41) is 28.0. The Bertz CT molecular complexity index is 1060. The van der Waals surface area contributed by atoms with Gasteiger partial charge in [-0.1, -0.05) is 91.0 Å². The average Bonchev–Trinajstić information content (AvgIpc) is 2.85. The van der Waals surface area contributed by atoms with E-state index in [4.69, 9.17) is 0 Å². The number of hydrogen-bond donors (Lipinski definition) is 3. The summed E-state index contributed by atoms with van der Waals surface area (Å²) in [4.78, 5) is 31.8. The van der Waals surface area contributed by atoms with Crippen LogP contribution in [0.3, 0.4) is 0 Å². The topological polar surface area (TPSA) is 112 Å². The van der Waals surface area contributed by atoms with E-state index in [1.807, 2.05) is 18.2 Å². The van der Waals surface area contributed by atoms with Gasteiger partial charge in [0.15, 0.2) is 17.3 Å². The van der Waals surface area contributed by atoms with Crippen molar-refractivity contribution in [3.05, 3.63) is 126 Å². The number of aliphatic hydroxyl groups excluding tert-OH is 3. The van der Waals surface area contributed by atoms with Gasteiger partial charge in [0.1, 0.15) is 17.3 Å².